The predicted molar refractivity (Wildman–Crippen MR) is 115 cm³/mol. The zero-order valence-electron chi connectivity index (χ0n) is 17.6. The average molecular weight is 432 g/mol. The third-order valence-corrected chi connectivity index (χ3v) is 9.82. The molecule has 6 rings (SSSR count). The van der Waals surface area contributed by atoms with Crippen LogP contribution < -0.4 is 5.32 Å². The summed E-state index contributed by atoms with van der Waals surface area (Å²) in [6, 6.07) is 8.59. The molecule has 0 unspecified atom stereocenters. The van der Waals surface area contributed by atoms with E-state index in [2.05, 4.69) is 10.2 Å². The molecule has 1 N–H and O–H groups in total. The summed E-state index contributed by atoms with van der Waals surface area (Å²) in [6.45, 7) is 3.25. The van der Waals surface area contributed by atoms with Gasteiger partial charge in [0.2, 0.25) is 15.9 Å². The van der Waals surface area contributed by atoms with Gasteiger partial charge in [-0.25, -0.2) is 8.42 Å². The van der Waals surface area contributed by atoms with Crippen molar-refractivity contribution < 1.29 is 13.2 Å². The van der Waals surface area contributed by atoms with E-state index >= 15 is 0 Å². The molecule has 1 saturated heterocycles. The van der Waals surface area contributed by atoms with Crippen LogP contribution in [0.4, 0.5) is 0 Å². The van der Waals surface area contributed by atoms with Crippen molar-refractivity contribution in [3.05, 3.63) is 30.3 Å². The van der Waals surface area contributed by atoms with Crippen LogP contribution in [0, 0.1) is 23.2 Å². The summed E-state index contributed by atoms with van der Waals surface area (Å²) in [4.78, 5) is 15.0. The lowest BCUT2D eigenvalue weighted by Crippen LogP contribution is -2.53. The van der Waals surface area contributed by atoms with Crippen molar-refractivity contribution in [2.45, 2.75) is 43.4 Å². The van der Waals surface area contributed by atoms with Crippen LogP contribution in [-0.2, 0) is 14.8 Å². The van der Waals surface area contributed by atoms with Gasteiger partial charge in [-0.2, -0.15) is 4.31 Å². The molecule has 1 aromatic carbocycles. The molecule has 4 aliphatic carbocycles. The first kappa shape index (κ1) is 20.5. The molecule has 4 saturated carbocycles. The second kappa shape index (κ2) is 7.92. The monoisotopic (exact) mass is 431 g/mol. The van der Waals surface area contributed by atoms with E-state index in [1.807, 2.05) is 6.07 Å². The van der Waals surface area contributed by atoms with E-state index in [1.54, 1.807) is 24.3 Å². The van der Waals surface area contributed by atoms with E-state index in [9.17, 15) is 13.2 Å². The Morgan fingerprint density at radius 1 is 0.933 bits per heavy atom. The lowest BCUT2D eigenvalue weighted by Gasteiger charge is -2.57. The minimum Gasteiger partial charge on any atom is -0.354 e. The zero-order valence-corrected chi connectivity index (χ0v) is 18.4. The summed E-state index contributed by atoms with van der Waals surface area (Å²) in [7, 11) is -3.44. The smallest absolute Gasteiger partial charge is 0.243 e. The van der Waals surface area contributed by atoms with Gasteiger partial charge in [0.25, 0.3) is 0 Å². The number of amides is 1. The fourth-order valence-electron chi connectivity index (χ4n) is 6.92. The van der Waals surface area contributed by atoms with Crippen LogP contribution in [0.15, 0.2) is 35.2 Å². The zero-order chi connectivity index (χ0) is 20.8. The normalized spacial score (nSPS) is 34.2. The maximum Gasteiger partial charge on any atom is 0.243 e. The fraction of sp³-hybridized carbons (Fsp3) is 0.696. The lowest BCUT2D eigenvalue weighted by atomic mass is 9.49. The molecule has 0 aromatic heterocycles. The Labute approximate surface area is 180 Å². The Bertz CT molecular complexity index is 843. The average Bonchev–Trinajstić information content (AvgIpc) is 2.72. The van der Waals surface area contributed by atoms with Crippen molar-refractivity contribution in [2.75, 3.05) is 39.3 Å². The number of sulfonamides is 1. The van der Waals surface area contributed by atoms with Gasteiger partial charge in [0.1, 0.15) is 0 Å². The number of hydrogen-bond acceptors (Lipinski definition) is 4. The molecule has 1 heterocycles. The lowest BCUT2D eigenvalue weighted by molar-refractivity contribution is -0.124. The summed E-state index contributed by atoms with van der Waals surface area (Å²) in [5.74, 6) is 2.78. The first-order valence-electron chi connectivity index (χ1n) is 11.5. The van der Waals surface area contributed by atoms with Crippen molar-refractivity contribution in [1.29, 1.82) is 0 Å². The number of carbonyl (C=O) groups is 1. The van der Waals surface area contributed by atoms with Crippen molar-refractivity contribution in [3.63, 3.8) is 0 Å². The van der Waals surface area contributed by atoms with Gasteiger partial charge in [-0.05, 0) is 73.8 Å². The summed E-state index contributed by atoms with van der Waals surface area (Å²) in [5, 5.41) is 3.24. The maximum absolute atomic E-state index is 12.8. The Hall–Kier alpha value is -1.44. The van der Waals surface area contributed by atoms with Crippen LogP contribution in [0.5, 0.6) is 0 Å². The third kappa shape index (κ3) is 4.04. The highest BCUT2D eigenvalue weighted by atomic mass is 32.2. The van der Waals surface area contributed by atoms with E-state index in [4.69, 9.17) is 0 Å². The molecule has 0 atom stereocenters. The SMILES string of the molecule is O=C(CN1CCN(S(=O)(=O)c2ccccc2)CC1)NCC12CC3CC(CC(C3)C1)C2. The molecule has 1 aliphatic heterocycles. The highest BCUT2D eigenvalue weighted by Gasteiger charge is 2.50. The molecule has 1 aromatic rings. The first-order chi connectivity index (χ1) is 14.4. The molecular weight excluding hydrogens is 398 g/mol. The minimum absolute atomic E-state index is 0.0881. The second-order valence-corrected chi connectivity index (χ2v) is 12.1. The number of nitrogens with one attached hydrogen (secondary N) is 1. The van der Waals surface area contributed by atoms with Crippen molar-refractivity contribution in [1.82, 2.24) is 14.5 Å². The quantitative estimate of drug-likeness (QED) is 0.751. The number of hydrogen-bond donors (Lipinski definition) is 1. The van der Waals surface area contributed by atoms with Crippen molar-refractivity contribution in [2.24, 2.45) is 23.2 Å². The van der Waals surface area contributed by atoms with Gasteiger partial charge in [0.05, 0.1) is 11.4 Å². The molecule has 0 spiro atoms. The first-order valence-corrected chi connectivity index (χ1v) is 12.9. The number of rotatable bonds is 6. The molecule has 1 amide bonds. The topological polar surface area (TPSA) is 69.7 Å². The molecule has 30 heavy (non-hydrogen) atoms. The number of piperazine rings is 1. The Morgan fingerprint density at radius 2 is 1.50 bits per heavy atom. The second-order valence-electron chi connectivity index (χ2n) is 10.2. The van der Waals surface area contributed by atoms with E-state index < -0.39 is 10.0 Å². The van der Waals surface area contributed by atoms with Crippen molar-refractivity contribution in [3.8, 4) is 0 Å². The Balaban J connectivity index is 1.10. The highest BCUT2D eigenvalue weighted by molar-refractivity contribution is 7.89. The van der Waals surface area contributed by atoms with Gasteiger partial charge >= 0.3 is 0 Å². The van der Waals surface area contributed by atoms with E-state index in [1.165, 1.54) is 42.8 Å². The van der Waals surface area contributed by atoms with E-state index in [0.717, 1.165) is 24.3 Å². The molecule has 0 radical (unpaired) electrons. The maximum atomic E-state index is 12.8. The Morgan fingerprint density at radius 3 is 2.07 bits per heavy atom. The van der Waals surface area contributed by atoms with Crippen LogP contribution in [-0.4, -0.2) is 62.8 Å². The highest BCUT2D eigenvalue weighted by Crippen LogP contribution is 2.59. The number of nitrogens with zero attached hydrogens (tertiary/aromatic N) is 2. The number of carbonyl (C=O) groups excluding carboxylic acids is 1. The van der Waals surface area contributed by atoms with Gasteiger partial charge in [-0.3, -0.25) is 9.69 Å². The minimum atomic E-state index is -3.44. The van der Waals surface area contributed by atoms with Crippen LogP contribution in [0.3, 0.4) is 0 Å². The third-order valence-electron chi connectivity index (χ3n) is 7.91. The van der Waals surface area contributed by atoms with Gasteiger partial charge in [-0.1, -0.05) is 18.2 Å². The van der Waals surface area contributed by atoms with Crippen LogP contribution in [0.1, 0.15) is 38.5 Å². The Kier molecular flexibility index (Phi) is 5.40. The van der Waals surface area contributed by atoms with E-state index in [0.29, 0.717) is 43.0 Å². The molecule has 4 bridgehead atoms. The largest absolute Gasteiger partial charge is 0.354 e. The summed E-state index contributed by atoms with van der Waals surface area (Å²) in [5.41, 5.74) is 0.354. The van der Waals surface area contributed by atoms with Gasteiger partial charge in [-0.15, -0.1) is 0 Å². The predicted octanol–water partition coefficient (Wildman–Crippen LogP) is 2.33. The molecule has 7 heteroatoms. The molecular formula is C23H33N3O3S. The summed E-state index contributed by atoms with van der Waals surface area (Å²) < 4.78 is 27.0. The van der Waals surface area contributed by atoms with Crippen LogP contribution in [0.25, 0.3) is 0 Å². The van der Waals surface area contributed by atoms with Crippen LogP contribution in [0.2, 0.25) is 0 Å². The molecule has 5 aliphatic rings. The fourth-order valence-corrected chi connectivity index (χ4v) is 8.36. The van der Waals surface area contributed by atoms with E-state index in [-0.39, 0.29) is 5.91 Å². The van der Waals surface area contributed by atoms with Gasteiger partial charge < -0.3 is 5.32 Å². The number of benzene rings is 1. The molecule has 164 valence electrons. The molecule has 5 fully saturated rings. The summed E-state index contributed by atoms with van der Waals surface area (Å²) >= 11 is 0. The summed E-state index contributed by atoms with van der Waals surface area (Å²) in [6.07, 6.45) is 8.16. The standard InChI is InChI=1S/C23H33N3O3S/c27-22(24-17-23-13-18-10-19(14-23)12-20(11-18)15-23)16-25-6-8-26(9-7-25)30(28,29)21-4-2-1-3-5-21/h1-5,18-20H,6-17H2,(H,24,27). The van der Waals surface area contributed by atoms with Crippen LogP contribution >= 0.6 is 0 Å². The van der Waals surface area contributed by atoms with Gasteiger partial charge in [0.15, 0.2) is 0 Å². The molecule has 6 nitrogen and oxygen atoms in total. The van der Waals surface area contributed by atoms with Crippen molar-refractivity contribution >= 4 is 15.9 Å². The van der Waals surface area contributed by atoms with Gasteiger partial charge in [0, 0.05) is 32.7 Å².